The molecule has 0 aliphatic carbocycles. The molecule has 0 aromatic heterocycles. The van der Waals surface area contributed by atoms with E-state index in [0.29, 0.717) is 31.6 Å². The van der Waals surface area contributed by atoms with Crippen LogP contribution in [0, 0.1) is 12.3 Å². The molecule has 34 heavy (non-hydrogen) atoms. The second-order valence-corrected chi connectivity index (χ2v) is 8.89. The van der Waals surface area contributed by atoms with Crippen LogP contribution in [0.3, 0.4) is 0 Å². The maximum Gasteiger partial charge on any atom is 0.411 e. The molecule has 1 fully saturated rings. The van der Waals surface area contributed by atoms with Crippen LogP contribution in [0.5, 0.6) is 0 Å². The van der Waals surface area contributed by atoms with Crippen molar-refractivity contribution in [1.82, 2.24) is 4.90 Å². The Bertz CT molecular complexity index is 1010. The third-order valence-electron chi connectivity index (χ3n) is 6.78. The minimum Gasteiger partial charge on any atom is -0.449 e. The second kappa shape index (κ2) is 11.2. The van der Waals surface area contributed by atoms with Gasteiger partial charge in [0.15, 0.2) is 0 Å². The van der Waals surface area contributed by atoms with E-state index in [4.69, 9.17) is 16.2 Å². The van der Waals surface area contributed by atoms with Crippen LogP contribution in [-0.4, -0.2) is 49.0 Å². The fourth-order valence-electron chi connectivity index (χ4n) is 4.73. The minimum atomic E-state index is -0.743. The van der Waals surface area contributed by atoms with Gasteiger partial charge < -0.3 is 21.1 Å². The highest BCUT2D eigenvalue weighted by molar-refractivity contribution is 5.85. The maximum atomic E-state index is 12.8. The zero-order valence-corrected chi connectivity index (χ0v) is 19.9. The predicted molar refractivity (Wildman–Crippen MR) is 131 cm³/mol. The Labute approximate surface area is 200 Å². The first-order chi connectivity index (χ1) is 16.3. The Morgan fingerprint density at radius 2 is 1.74 bits per heavy atom. The summed E-state index contributed by atoms with van der Waals surface area (Å²) in [7, 11) is 0. The minimum absolute atomic E-state index is 0.00151. The van der Waals surface area contributed by atoms with Crippen molar-refractivity contribution in [2.45, 2.75) is 39.0 Å². The molecule has 0 spiro atoms. The number of carbonyl (C=O) groups excluding carboxylic acids is 3. The van der Waals surface area contributed by atoms with Gasteiger partial charge in [-0.3, -0.25) is 14.9 Å². The molecule has 0 bridgehead atoms. The molecule has 1 aliphatic rings. The fourth-order valence-corrected chi connectivity index (χ4v) is 4.73. The van der Waals surface area contributed by atoms with E-state index in [9.17, 15) is 14.4 Å². The monoisotopic (exact) mass is 466 g/mol. The number of hydrogen-bond acceptors (Lipinski definition) is 5. The highest BCUT2D eigenvalue weighted by Crippen LogP contribution is 2.45. The number of likely N-dealkylation sites (tertiary alicyclic amines) is 1. The Morgan fingerprint density at radius 1 is 1.09 bits per heavy atom. The van der Waals surface area contributed by atoms with Gasteiger partial charge in [0.05, 0.1) is 12.5 Å². The summed E-state index contributed by atoms with van der Waals surface area (Å²) >= 11 is 0. The summed E-state index contributed by atoms with van der Waals surface area (Å²) in [6.07, 6.45) is 1.22. The molecule has 2 aromatic carbocycles. The largest absolute Gasteiger partial charge is 0.449 e. The summed E-state index contributed by atoms with van der Waals surface area (Å²) in [4.78, 5) is 39.2. The Morgan fingerprint density at radius 3 is 2.29 bits per heavy atom. The number of carbonyl (C=O) groups is 3. The molecule has 1 unspecified atom stereocenters. The molecule has 0 saturated carbocycles. The van der Waals surface area contributed by atoms with E-state index in [1.165, 1.54) is 5.56 Å². The van der Waals surface area contributed by atoms with Gasteiger partial charge in [0.1, 0.15) is 6.61 Å². The van der Waals surface area contributed by atoms with Crippen molar-refractivity contribution in [1.29, 1.82) is 0 Å². The number of benzene rings is 2. The van der Waals surface area contributed by atoms with Crippen molar-refractivity contribution in [2.75, 3.05) is 31.6 Å². The number of nitrogens with two attached hydrogens (primary N) is 2. The lowest BCUT2D eigenvalue weighted by Crippen LogP contribution is -2.51. The first-order valence-electron chi connectivity index (χ1n) is 11.6. The van der Waals surface area contributed by atoms with Crippen LogP contribution in [0.15, 0.2) is 48.5 Å². The van der Waals surface area contributed by atoms with Gasteiger partial charge in [-0.15, -0.1) is 0 Å². The average molecular weight is 467 g/mol. The van der Waals surface area contributed by atoms with Crippen LogP contribution in [0.1, 0.15) is 42.4 Å². The summed E-state index contributed by atoms with van der Waals surface area (Å²) in [5.41, 5.74) is 14.3. The van der Waals surface area contributed by atoms with Crippen LogP contribution in [0.25, 0.3) is 0 Å². The number of hydrogen-bond donors (Lipinski definition) is 3. The Hall–Kier alpha value is -3.39. The highest BCUT2D eigenvalue weighted by Gasteiger charge is 2.47. The molecular weight excluding hydrogens is 432 g/mol. The first-order valence-corrected chi connectivity index (χ1v) is 11.6. The molecule has 1 heterocycles. The maximum absolute atomic E-state index is 12.8. The van der Waals surface area contributed by atoms with Crippen molar-refractivity contribution in [2.24, 2.45) is 16.9 Å². The number of ether oxygens (including phenoxy) is 1. The molecule has 8 heteroatoms. The number of nitrogens with zero attached hydrogens (tertiary/aromatic N) is 1. The van der Waals surface area contributed by atoms with Gasteiger partial charge >= 0.3 is 6.09 Å². The summed E-state index contributed by atoms with van der Waals surface area (Å²) in [5, 5.41) is 2.75. The topological polar surface area (TPSA) is 128 Å². The normalized spacial score (nSPS) is 15.9. The SMILES string of the molecule is CCc1ccc(NC(=O)OCC2(C(C(N)=O)c3ccccc3C)CCN(C(=O)CN)CC2)cc1. The fraction of sp³-hybridized carbons (Fsp3) is 0.423. The summed E-state index contributed by atoms with van der Waals surface area (Å²) < 4.78 is 5.67. The molecule has 8 nitrogen and oxygen atoms in total. The molecule has 2 aromatic rings. The van der Waals surface area contributed by atoms with Gasteiger partial charge in [-0.05, 0) is 55.0 Å². The molecular formula is C26H34N4O4. The van der Waals surface area contributed by atoms with Crippen molar-refractivity contribution >= 4 is 23.6 Å². The number of piperidine rings is 1. The van der Waals surface area contributed by atoms with E-state index >= 15 is 0 Å². The van der Waals surface area contributed by atoms with Crippen molar-refractivity contribution in [3.05, 3.63) is 65.2 Å². The molecule has 3 amide bonds. The van der Waals surface area contributed by atoms with Crippen LogP contribution < -0.4 is 16.8 Å². The number of amides is 3. The van der Waals surface area contributed by atoms with Gasteiger partial charge in [0, 0.05) is 24.2 Å². The molecule has 5 N–H and O–H groups in total. The lowest BCUT2D eigenvalue weighted by molar-refractivity contribution is -0.134. The van der Waals surface area contributed by atoms with Crippen molar-refractivity contribution in [3.63, 3.8) is 0 Å². The molecule has 1 saturated heterocycles. The van der Waals surface area contributed by atoms with E-state index in [-0.39, 0.29) is 19.1 Å². The lowest BCUT2D eigenvalue weighted by Gasteiger charge is -2.45. The van der Waals surface area contributed by atoms with Crippen LogP contribution >= 0.6 is 0 Å². The molecule has 0 radical (unpaired) electrons. The number of primary amides is 1. The molecule has 182 valence electrons. The van der Waals surface area contributed by atoms with Gasteiger partial charge in [0.25, 0.3) is 0 Å². The zero-order chi connectivity index (χ0) is 24.7. The Balaban J connectivity index is 1.83. The van der Waals surface area contributed by atoms with Crippen LogP contribution in [0.2, 0.25) is 0 Å². The number of aryl methyl sites for hydroxylation is 2. The molecule has 1 aliphatic heterocycles. The van der Waals surface area contributed by atoms with E-state index in [0.717, 1.165) is 17.5 Å². The van der Waals surface area contributed by atoms with Crippen LogP contribution in [0.4, 0.5) is 10.5 Å². The third-order valence-corrected chi connectivity index (χ3v) is 6.78. The van der Waals surface area contributed by atoms with Gasteiger partial charge in [-0.2, -0.15) is 0 Å². The van der Waals surface area contributed by atoms with Gasteiger partial charge in [-0.25, -0.2) is 4.79 Å². The Kier molecular flexibility index (Phi) is 8.28. The molecule has 1 atom stereocenters. The quantitative estimate of drug-likeness (QED) is 0.551. The number of rotatable bonds is 8. The van der Waals surface area contributed by atoms with Crippen LogP contribution in [-0.2, 0) is 20.7 Å². The average Bonchev–Trinajstić information content (AvgIpc) is 2.84. The summed E-state index contributed by atoms with van der Waals surface area (Å²) in [5.74, 6) is -1.29. The second-order valence-electron chi connectivity index (χ2n) is 8.89. The van der Waals surface area contributed by atoms with Gasteiger partial charge in [0.2, 0.25) is 11.8 Å². The smallest absolute Gasteiger partial charge is 0.411 e. The van der Waals surface area contributed by atoms with Gasteiger partial charge in [-0.1, -0.05) is 43.3 Å². The predicted octanol–water partition coefficient (Wildman–Crippen LogP) is 2.94. The summed E-state index contributed by atoms with van der Waals surface area (Å²) in [6, 6.07) is 15.1. The van der Waals surface area contributed by atoms with E-state index in [2.05, 4.69) is 12.2 Å². The number of nitrogens with one attached hydrogen (secondary N) is 1. The zero-order valence-electron chi connectivity index (χ0n) is 19.9. The van der Waals surface area contributed by atoms with E-state index < -0.39 is 23.3 Å². The lowest BCUT2D eigenvalue weighted by atomic mass is 9.65. The van der Waals surface area contributed by atoms with Crippen molar-refractivity contribution in [3.8, 4) is 0 Å². The van der Waals surface area contributed by atoms with Crippen molar-refractivity contribution < 1.29 is 19.1 Å². The van der Waals surface area contributed by atoms with E-state index in [1.54, 1.807) is 4.90 Å². The standard InChI is InChI=1S/C26H34N4O4/c1-3-19-8-10-20(11-9-19)29-25(33)34-17-26(12-14-30(15-13-26)22(31)16-27)23(24(28)32)21-7-5-4-6-18(21)2/h4-11,23H,3,12-17,27H2,1-2H3,(H2,28,32)(H,29,33). The van der Waals surface area contributed by atoms with E-state index in [1.807, 2.05) is 55.5 Å². The molecule has 3 rings (SSSR count). The highest BCUT2D eigenvalue weighted by atomic mass is 16.5. The number of anilines is 1. The summed E-state index contributed by atoms with van der Waals surface area (Å²) in [6.45, 7) is 4.74. The first kappa shape index (κ1) is 25.2. The third kappa shape index (κ3) is 5.75.